The molecule has 1 fully saturated rings. The van der Waals surface area contributed by atoms with E-state index in [1.54, 1.807) is 6.92 Å². The first-order valence-corrected chi connectivity index (χ1v) is 4.96. The molecule has 1 saturated heterocycles. The van der Waals surface area contributed by atoms with Crippen molar-refractivity contribution in [3.05, 3.63) is 11.4 Å². The summed E-state index contributed by atoms with van der Waals surface area (Å²) in [6, 6.07) is 0. The Bertz CT molecular complexity index is 439. The first-order chi connectivity index (χ1) is 7.59. The van der Waals surface area contributed by atoms with Crippen LogP contribution in [0.3, 0.4) is 0 Å². The van der Waals surface area contributed by atoms with E-state index in [-0.39, 0.29) is 24.1 Å². The third-order valence-electron chi connectivity index (χ3n) is 2.52. The molecule has 2 amide bonds. The molecule has 0 bridgehead atoms. The van der Waals surface area contributed by atoms with Gasteiger partial charge in [-0.05, 0) is 6.92 Å². The summed E-state index contributed by atoms with van der Waals surface area (Å²) < 4.78 is 0. The minimum Gasteiger partial charge on any atom is -0.395 e. The van der Waals surface area contributed by atoms with Crippen molar-refractivity contribution in [2.75, 3.05) is 25.4 Å². The Morgan fingerprint density at radius 3 is 2.88 bits per heavy atom. The standard InChI is InChI=1S/C9H13N5O2/c1-5-7(10)8(13-12-5)9(16)14-3-2-11-6(15)4-14/h2-4,10H2,1H3,(H,11,15)(H,12,13). The monoisotopic (exact) mass is 223 g/mol. The number of aryl methyl sites for hydroxylation is 1. The normalized spacial score (nSPS) is 16.1. The average Bonchev–Trinajstić information content (AvgIpc) is 2.59. The fourth-order valence-corrected chi connectivity index (χ4v) is 1.56. The Morgan fingerprint density at radius 1 is 1.56 bits per heavy atom. The number of carbonyl (C=O) groups is 2. The topological polar surface area (TPSA) is 104 Å². The van der Waals surface area contributed by atoms with Crippen LogP contribution in [0.15, 0.2) is 0 Å². The zero-order chi connectivity index (χ0) is 11.7. The average molecular weight is 223 g/mol. The van der Waals surface area contributed by atoms with E-state index < -0.39 is 0 Å². The van der Waals surface area contributed by atoms with E-state index in [9.17, 15) is 9.59 Å². The van der Waals surface area contributed by atoms with E-state index in [1.165, 1.54) is 4.90 Å². The Kier molecular flexibility index (Phi) is 2.51. The minimum absolute atomic E-state index is 0.0597. The number of H-pyrrole nitrogens is 1. The lowest BCUT2D eigenvalue weighted by Crippen LogP contribution is -2.50. The van der Waals surface area contributed by atoms with Gasteiger partial charge in [0.2, 0.25) is 5.91 Å². The molecule has 1 aromatic heterocycles. The number of rotatable bonds is 1. The number of carbonyl (C=O) groups excluding carboxylic acids is 2. The molecule has 0 aromatic carbocycles. The van der Waals surface area contributed by atoms with Crippen molar-refractivity contribution in [3.8, 4) is 0 Å². The molecule has 0 aliphatic carbocycles. The summed E-state index contributed by atoms with van der Waals surface area (Å²) in [5.41, 5.74) is 6.89. The fourth-order valence-electron chi connectivity index (χ4n) is 1.56. The van der Waals surface area contributed by atoms with Crippen molar-refractivity contribution in [2.45, 2.75) is 6.92 Å². The van der Waals surface area contributed by atoms with Crippen LogP contribution in [0.1, 0.15) is 16.2 Å². The number of amides is 2. The number of anilines is 1. The van der Waals surface area contributed by atoms with Crippen LogP contribution in [0.5, 0.6) is 0 Å². The van der Waals surface area contributed by atoms with E-state index in [4.69, 9.17) is 5.73 Å². The molecule has 1 aliphatic heterocycles. The Labute approximate surface area is 92.0 Å². The molecule has 16 heavy (non-hydrogen) atoms. The summed E-state index contributed by atoms with van der Waals surface area (Å²) in [7, 11) is 0. The Hall–Kier alpha value is -2.05. The van der Waals surface area contributed by atoms with Gasteiger partial charge in [0, 0.05) is 13.1 Å². The van der Waals surface area contributed by atoms with Gasteiger partial charge in [-0.2, -0.15) is 5.10 Å². The number of aromatic amines is 1. The predicted molar refractivity (Wildman–Crippen MR) is 56.7 cm³/mol. The quantitative estimate of drug-likeness (QED) is 0.560. The number of aromatic nitrogens is 2. The molecule has 1 aliphatic rings. The molecule has 86 valence electrons. The molecule has 7 heteroatoms. The molecular weight excluding hydrogens is 210 g/mol. The molecule has 0 atom stereocenters. The van der Waals surface area contributed by atoms with Gasteiger partial charge < -0.3 is 16.0 Å². The number of piperazine rings is 1. The lowest BCUT2D eigenvalue weighted by Gasteiger charge is -2.25. The fraction of sp³-hybridized carbons (Fsp3) is 0.444. The summed E-state index contributed by atoms with van der Waals surface area (Å²) in [6.45, 7) is 2.75. The smallest absolute Gasteiger partial charge is 0.277 e. The SMILES string of the molecule is Cc1[nH]nc(C(=O)N2CCNC(=O)C2)c1N. The molecule has 0 saturated carbocycles. The Morgan fingerprint density at radius 2 is 2.31 bits per heavy atom. The number of nitrogen functional groups attached to an aromatic ring is 1. The second-order valence-electron chi connectivity index (χ2n) is 3.69. The third-order valence-corrected chi connectivity index (χ3v) is 2.52. The number of nitrogens with zero attached hydrogens (tertiary/aromatic N) is 2. The zero-order valence-electron chi connectivity index (χ0n) is 8.91. The van der Waals surface area contributed by atoms with Crippen molar-refractivity contribution in [3.63, 3.8) is 0 Å². The van der Waals surface area contributed by atoms with Crippen LogP contribution in [-0.4, -0.2) is 46.5 Å². The highest BCUT2D eigenvalue weighted by molar-refractivity contribution is 5.99. The van der Waals surface area contributed by atoms with Gasteiger partial charge in [-0.3, -0.25) is 14.7 Å². The number of nitrogens with one attached hydrogen (secondary N) is 2. The van der Waals surface area contributed by atoms with Gasteiger partial charge in [-0.1, -0.05) is 0 Å². The second kappa shape index (κ2) is 3.84. The molecule has 2 rings (SSSR count). The highest BCUT2D eigenvalue weighted by Gasteiger charge is 2.25. The molecule has 4 N–H and O–H groups in total. The molecular formula is C9H13N5O2. The minimum atomic E-state index is -0.309. The van der Waals surface area contributed by atoms with Crippen LogP contribution in [0.2, 0.25) is 0 Å². The van der Waals surface area contributed by atoms with Gasteiger partial charge in [0.15, 0.2) is 5.69 Å². The maximum absolute atomic E-state index is 12.0. The summed E-state index contributed by atoms with van der Waals surface area (Å²) in [4.78, 5) is 24.5. The van der Waals surface area contributed by atoms with E-state index in [0.29, 0.717) is 24.5 Å². The number of hydrogen-bond acceptors (Lipinski definition) is 4. The number of hydrogen-bond donors (Lipinski definition) is 3. The van der Waals surface area contributed by atoms with Crippen molar-refractivity contribution in [1.29, 1.82) is 0 Å². The maximum atomic E-state index is 12.0. The lowest BCUT2D eigenvalue weighted by atomic mass is 10.2. The lowest BCUT2D eigenvalue weighted by molar-refractivity contribution is -0.123. The second-order valence-corrected chi connectivity index (χ2v) is 3.69. The molecule has 0 spiro atoms. The van der Waals surface area contributed by atoms with Crippen molar-refractivity contribution < 1.29 is 9.59 Å². The first kappa shape index (κ1) is 10.5. The van der Waals surface area contributed by atoms with Crippen molar-refractivity contribution in [2.24, 2.45) is 0 Å². The molecule has 7 nitrogen and oxygen atoms in total. The van der Waals surface area contributed by atoms with E-state index in [1.807, 2.05) is 0 Å². The zero-order valence-corrected chi connectivity index (χ0v) is 8.91. The van der Waals surface area contributed by atoms with Crippen LogP contribution >= 0.6 is 0 Å². The highest BCUT2D eigenvalue weighted by Crippen LogP contribution is 2.15. The Balaban J connectivity index is 2.18. The van der Waals surface area contributed by atoms with Gasteiger partial charge in [-0.15, -0.1) is 0 Å². The van der Waals surface area contributed by atoms with Gasteiger partial charge in [0.05, 0.1) is 17.9 Å². The van der Waals surface area contributed by atoms with Crippen LogP contribution in [-0.2, 0) is 4.79 Å². The molecule has 2 heterocycles. The van der Waals surface area contributed by atoms with E-state index >= 15 is 0 Å². The van der Waals surface area contributed by atoms with Gasteiger partial charge in [0.1, 0.15) is 0 Å². The van der Waals surface area contributed by atoms with Crippen LogP contribution in [0, 0.1) is 6.92 Å². The third kappa shape index (κ3) is 1.71. The predicted octanol–water partition coefficient (Wildman–Crippen LogP) is -1.13. The maximum Gasteiger partial charge on any atom is 0.277 e. The number of nitrogens with two attached hydrogens (primary N) is 1. The summed E-state index contributed by atoms with van der Waals surface area (Å²) in [5.74, 6) is -0.470. The van der Waals surface area contributed by atoms with Crippen LogP contribution in [0.25, 0.3) is 0 Å². The molecule has 0 radical (unpaired) electrons. The van der Waals surface area contributed by atoms with Crippen LogP contribution < -0.4 is 11.1 Å². The van der Waals surface area contributed by atoms with Gasteiger partial charge in [-0.25, -0.2) is 0 Å². The largest absolute Gasteiger partial charge is 0.395 e. The molecule has 0 unspecified atom stereocenters. The van der Waals surface area contributed by atoms with Crippen molar-refractivity contribution in [1.82, 2.24) is 20.4 Å². The summed E-state index contributed by atoms with van der Waals surface area (Å²) in [5, 5.41) is 9.13. The first-order valence-electron chi connectivity index (χ1n) is 4.96. The van der Waals surface area contributed by atoms with Gasteiger partial charge >= 0.3 is 0 Å². The van der Waals surface area contributed by atoms with Gasteiger partial charge in [0.25, 0.3) is 5.91 Å². The van der Waals surface area contributed by atoms with Crippen molar-refractivity contribution >= 4 is 17.5 Å². The van der Waals surface area contributed by atoms with E-state index in [0.717, 1.165) is 0 Å². The molecule has 1 aromatic rings. The van der Waals surface area contributed by atoms with Crippen LogP contribution in [0.4, 0.5) is 5.69 Å². The van der Waals surface area contributed by atoms with E-state index in [2.05, 4.69) is 15.5 Å². The summed E-state index contributed by atoms with van der Waals surface area (Å²) >= 11 is 0. The highest BCUT2D eigenvalue weighted by atomic mass is 16.2. The summed E-state index contributed by atoms with van der Waals surface area (Å²) in [6.07, 6.45) is 0.